The number of hydrogen-bond acceptors (Lipinski definition) is 13. The van der Waals surface area contributed by atoms with Crippen molar-refractivity contribution < 1.29 is 52.3 Å². The van der Waals surface area contributed by atoms with Crippen molar-refractivity contribution in [3.05, 3.63) is 71.8 Å². The molecule has 344 valence electrons. The third kappa shape index (κ3) is 25.1. The number of nitrogens with one attached hydrogen (secondary N) is 4. The fourth-order valence-corrected chi connectivity index (χ4v) is 5.79. The average molecular weight is 905 g/mol. The minimum atomic E-state index is -0.424. The molecule has 0 atom stereocenters. The van der Waals surface area contributed by atoms with E-state index in [0.717, 1.165) is 16.3 Å². The molecule has 3 rings (SSSR count). The fraction of sp³-hybridized carbons (Fsp3) is 0.558. The lowest BCUT2D eigenvalue weighted by atomic mass is 10.2. The Balaban J connectivity index is 1.13. The summed E-state index contributed by atoms with van der Waals surface area (Å²) >= 11 is 10.6. The maximum atomic E-state index is 13.1. The molecule has 19 heteroatoms. The van der Waals surface area contributed by atoms with Gasteiger partial charge in [-0.3, -0.25) is 19.3 Å². The SMILES string of the molecule is Cc1ccc(NC(=S)NCCOCCOCCOCCOCCN(CCOCCOCCOCCOCCNC(=S)Nc2ccc(C)cc2)C(=O)CCN2C(=O)C=CC2=O)cc1. The van der Waals surface area contributed by atoms with Gasteiger partial charge in [-0.1, -0.05) is 35.4 Å². The van der Waals surface area contributed by atoms with Crippen molar-refractivity contribution in [1.82, 2.24) is 20.4 Å². The highest BCUT2D eigenvalue weighted by molar-refractivity contribution is 7.80. The molecule has 2 aromatic carbocycles. The highest BCUT2D eigenvalue weighted by atomic mass is 32.1. The molecule has 0 spiro atoms. The van der Waals surface area contributed by atoms with Crippen LogP contribution in [0.25, 0.3) is 0 Å². The van der Waals surface area contributed by atoms with Crippen LogP contribution in [-0.4, -0.2) is 176 Å². The molecular weight excluding hydrogens is 841 g/mol. The van der Waals surface area contributed by atoms with Crippen LogP contribution < -0.4 is 21.3 Å². The van der Waals surface area contributed by atoms with E-state index in [1.807, 2.05) is 62.4 Å². The molecule has 0 aromatic heterocycles. The van der Waals surface area contributed by atoms with Crippen LogP contribution in [0.5, 0.6) is 0 Å². The first kappa shape index (κ1) is 52.2. The molecule has 0 fully saturated rings. The average Bonchev–Trinajstić information content (AvgIpc) is 3.58. The number of nitrogens with zero attached hydrogens (tertiary/aromatic N) is 2. The van der Waals surface area contributed by atoms with Crippen molar-refractivity contribution in [3.8, 4) is 0 Å². The normalized spacial score (nSPS) is 12.2. The van der Waals surface area contributed by atoms with Gasteiger partial charge in [-0.15, -0.1) is 0 Å². The molecule has 2 aromatic rings. The molecule has 1 aliphatic heterocycles. The van der Waals surface area contributed by atoms with E-state index >= 15 is 0 Å². The number of hydrogen-bond donors (Lipinski definition) is 4. The summed E-state index contributed by atoms with van der Waals surface area (Å²) in [6.45, 7) is 12.2. The number of thiocarbonyl (C=S) groups is 2. The first-order valence-electron chi connectivity index (χ1n) is 20.9. The van der Waals surface area contributed by atoms with E-state index in [1.54, 1.807) is 4.90 Å². The number of benzene rings is 2. The van der Waals surface area contributed by atoms with Crippen molar-refractivity contribution in [3.63, 3.8) is 0 Å². The van der Waals surface area contributed by atoms with Crippen LogP contribution in [-0.2, 0) is 52.3 Å². The highest BCUT2D eigenvalue weighted by Crippen LogP contribution is 2.10. The Hall–Kier alpha value is -4.15. The number of anilines is 2. The van der Waals surface area contributed by atoms with E-state index in [-0.39, 0.29) is 32.1 Å². The second-order valence-electron chi connectivity index (χ2n) is 13.7. The summed E-state index contributed by atoms with van der Waals surface area (Å²) in [5.74, 6) is -1.07. The number of aryl methyl sites for hydroxylation is 2. The molecule has 62 heavy (non-hydrogen) atoms. The van der Waals surface area contributed by atoms with Crippen molar-refractivity contribution in [2.75, 3.05) is 149 Å². The molecule has 0 radical (unpaired) electrons. The van der Waals surface area contributed by atoms with E-state index in [2.05, 4.69) is 21.3 Å². The molecule has 1 heterocycles. The summed E-state index contributed by atoms with van der Waals surface area (Å²) in [6, 6.07) is 16.0. The Bertz CT molecular complexity index is 1510. The third-order valence-corrected chi connectivity index (χ3v) is 9.22. The van der Waals surface area contributed by atoms with Gasteiger partial charge in [0.25, 0.3) is 11.8 Å². The van der Waals surface area contributed by atoms with E-state index in [4.69, 9.17) is 62.3 Å². The van der Waals surface area contributed by atoms with Gasteiger partial charge in [0.2, 0.25) is 5.91 Å². The molecular formula is C43H64N6O11S2. The van der Waals surface area contributed by atoms with Crippen LogP contribution in [0.4, 0.5) is 11.4 Å². The van der Waals surface area contributed by atoms with Gasteiger partial charge < -0.3 is 64.1 Å². The number of carbonyl (C=O) groups excluding carboxylic acids is 3. The second kappa shape index (κ2) is 33.4. The Labute approximate surface area is 376 Å². The van der Waals surface area contributed by atoms with Crippen LogP contribution in [0.15, 0.2) is 60.7 Å². The zero-order valence-electron chi connectivity index (χ0n) is 36.0. The zero-order chi connectivity index (χ0) is 44.5. The van der Waals surface area contributed by atoms with Gasteiger partial charge in [0.1, 0.15) is 0 Å². The number of imide groups is 1. The topological polar surface area (TPSA) is 180 Å². The maximum Gasteiger partial charge on any atom is 0.253 e. The van der Waals surface area contributed by atoms with Gasteiger partial charge in [-0.2, -0.15) is 0 Å². The highest BCUT2D eigenvalue weighted by Gasteiger charge is 2.25. The minimum Gasteiger partial charge on any atom is -0.377 e. The molecule has 4 N–H and O–H groups in total. The summed E-state index contributed by atoms with van der Waals surface area (Å²) in [5.41, 5.74) is 4.23. The smallest absolute Gasteiger partial charge is 0.253 e. The van der Waals surface area contributed by atoms with Crippen molar-refractivity contribution >= 4 is 63.8 Å². The van der Waals surface area contributed by atoms with E-state index in [9.17, 15) is 14.4 Å². The van der Waals surface area contributed by atoms with Crippen LogP contribution in [0.1, 0.15) is 17.5 Å². The first-order valence-corrected chi connectivity index (χ1v) is 21.7. The summed E-state index contributed by atoms with van der Waals surface area (Å²) in [6.07, 6.45) is 2.40. The molecule has 0 bridgehead atoms. The Kier molecular flexibility index (Phi) is 28.1. The van der Waals surface area contributed by atoms with Crippen LogP contribution in [0, 0.1) is 13.8 Å². The predicted octanol–water partition coefficient (Wildman–Crippen LogP) is 2.85. The minimum absolute atomic E-state index is 0.00283. The molecule has 0 unspecified atom stereocenters. The molecule has 0 aliphatic carbocycles. The van der Waals surface area contributed by atoms with Gasteiger partial charge in [0, 0.05) is 62.7 Å². The Morgan fingerprint density at radius 1 is 0.516 bits per heavy atom. The second-order valence-corrected chi connectivity index (χ2v) is 14.5. The van der Waals surface area contributed by atoms with E-state index < -0.39 is 11.8 Å². The van der Waals surface area contributed by atoms with Crippen molar-refractivity contribution in [2.45, 2.75) is 20.3 Å². The fourth-order valence-electron chi connectivity index (χ4n) is 5.35. The van der Waals surface area contributed by atoms with Gasteiger partial charge >= 0.3 is 0 Å². The molecule has 1 aliphatic rings. The number of carbonyl (C=O) groups is 3. The summed E-state index contributed by atoms with van der Waals surface area (Å²) in [7, 11) is 0. The number of amides is 3. The van der Waals surface area contributed by atoms with Gasteiger partial charge in [-0.05, 0) is 62.5 Å². The van der Waals surface area contributed by atoms with Crippen molar-refractivity contribution in [1.29, 1.82) is 0 Å². The van der Waals surface area contributed by atoms with Crippen LogP contribution >= 0.6 is 24.4 Å². The molecule has 0 saturated heterocycles. The lowest BCUT2D eigenvalue weighted by Crippen LogP contribution is -2.40. The van der Waals surface area contributed by atoms with Gasteiger partial charge in [0.05, 0.1) is 106 Å². The quantitative estimate of drug-likeness (QED) is 0.0451. The summed E-state index contributed by atoms with van der Waals surface area (Å²) < 4.78 is 44.8. The predicted molar refractivity (Wildman–Crippen MR) is 244 cm³/mol. The summed E-state index contributed by atoms with van der Waals surface area (Å²) in [5, 5.41) is 13.6. The Morgan fingerprint density at radius 2 is 0.839 bits per heavy atom. The standard InChI is InChI=1S/C43H64N6O11S2/c1-35-3-7-37(8-4-35)46-42(61)44-14-19-53-23-27-57-31-33-59-29-25-55-21-17-48(39(50)13-16-49-40(51)11-12-41(49)52)18-22-56-26-30-60-34-32-58-28-24-54-20-15-45-43(62)47-38-9-5-36(2)6-10-38/h3-12H,13-34H2,1-2H3,(H2,44,46,61)(H2,45,47,62). The lowest BCUT2D eigenvalue weighted by Gasteiger charge is -2.24. The largest absolute Gasteiger partial charge is 0.377 e. The number of rotatable bonds is 35. The molecule has 0 saturated carbocycles. The first-order chi connectivity index (χ1) is 30.2. The Morgan fingerprint density at radius 3 is 1.19 bits per heavy atom. The third-order valence-electron chi connectivity index (χ3n) is 8.73. The molecule has 17 nitrogen and oxygen atoms in total. The van der Waals surface area contributed by atoms with E-state index in [0.29, 0.717) is 129 Å². The van der Waals surface area contributed by atoms with Crippen LogP contribution in [0.2, 0.25) is 0 Å². The van der Waals surface area contributed by atoms with Crippen LogP contribution in [0.3, 0.4) is 0 Å². The lowest BCUT2D eigenvalue weighted by molar-refractivity contribution is -0.138. The zero-order valence-corrected chi connectivity index (χ0v) is 37.7. The molecule has 3 amide bonds. The van der Waals surface area contributed by atoms with E-state index in [1.165, 1.54) is 23.3 Å². The van der Waals surface area contributed by atoms with Gasteiger partial charge in [0.15, 0.2) is 10.2 Å². The monoisotopic (exact) mass is 904 g/mol. The van der Waals surface area contributed by atoms with Crippen molar-refractivity contribution in [2.24, 2.45) is 0 Å². The summed E-state index contributed by atoms with van der Waals surface area (Å²) in [4.78, 5) is 39.6. The number of ether oxygens (including phenoxy) is 8. The maximum absolute atomic E-state index is 13.1. The van der Waals surface area contributed by atoms with Gasteiger partial charge in [-0.25, -0.2) is 0 Å².